The summed E-state index contributed by atoms with van der Waals surface area (Å²) in [7, 11) is -0.369. The minimum Gasteiger partial charge on any atom is -0.497 e. The Morgan fingerprint density at radius 3 is 2.48 bits per heavy atom. The van der Waals surface area contributed by atoms with E-state index < -0.39 is 10.0 Å². The van der Waals surface area contributed by atoms with Crippen LogP contribution in [0.5, 0.6) is 5.75 Å². The van der Waals surface area contributed by atoms with Gasteiger partial charge in [0.1, 0.15) is 16.3 Å². The van der Waals surface area contributed by atoms with E-state index in [0.29, 0.717) is 24.5 Å². The number of anilines is 1. The van der Waals surface area contributed by atoms with Crippen LogP contribution in [0, 0.1) is 0 Å². The molecule has 1 aliphatic heterocycles. The van der Waals surface area contributed by atoms with Gasteiger partial charge in [0.05, 0.1) is 7.11 Å². The van der Waals surface area contributed by atoms with E-state index in [0.717, 1.165) is 25.7 Å². The molecule has 0 aliphatic carbocycles. The number of benzene rings is 1. The molecule has 27 heavy (non-hydrogen) atoms. The molecule has 1 aromatic carbocycles. The lowest BCUT2D eigenvalue weighted by atomic mass is 10.2. The summed E-state index contributed by atoms with van der Waals surface area (Å²) in [6, 6.07) is 8.45. The number of amides is 1. The van der Waals surface area contributed by atoms with Gasteiger partial charge < -0.3 is 14.6 Å². The van der Waals surface area contributed by atoms with Gasteiger partial charge in [-0.3, -0.25) is 4.79 Å². The number of nitrogens with one attached hydrogen (secondary N) is 1. The fourth-order valence-electron chi connectivity index (χ4n) is 3.23. The number of nitrogens with zero attached hydrogens (tertiary/aromatic N) is 2. The van der Waals surface area contributed by atoms with Crippen LogP contribution in [-0.2, 0) is 17.1 Å². The van der Waals surface area contributed by atoms with Crippen LogP contribution >= 0.6 is 0 Å². The van der Waals surface area contributed by atoms with Gasteiger partial charge in [-0.25, -0.2) is 8.42 Å². The predicted octanol–water partition coefficient (Wildman–Crippen LogP) is 2.85. The zero-order valence-electron chi connectivity index (χ0n) is 15.6. The van der Waals surface area contributed by atoms with Crippen molar-refractivity contribution in [2.24, 2.45) is 7.05 Å². The van der Waals surface area contributed by atoms with Crippen LogP contribution in [0.2, 0.25) is 0 Å². The van der Waals surface area contributed by atoms with Crippen molar-refractivity contribution in [1.82, 2.24) is 8.87 Å². The number of carbonyl (C=O) groups is 1. The van der Waals surface area contributed by atoms with E-state index in [2.05, 4.69) is 5.32 Å². The summed E-state index contributed by atoms with van der Waals surface area (Å²) in [5, 5.41) is 2.78. The summed E-state index contributed by atoms with van der Waals surface area (Å²) >= 11 is 0. The number of carbonyl (C=O) groups excluding carboxylic acids is 1. The molecule has 1 amide bonds. The Balaban J connectivity index is 1.81. The Morgan fingerprint density at radius 2 is 1.81 bits per heavy atom. The molecular weight excluding hydrogens is 366 g/mol. The highest BCUT2D eigenvalue weighted by Crippen LogP contribution is 2.23. The lowest BCUT2D eigenvalue weighted by Gasteiger charge is -2.18. The summed E-state index contributed by atoms with van der Waals surface area (Å²) in [4.78, 5) is 12.8. The molecule has 0 unspecified atom stereocenters. The van der Waals surface area contributed by atoms with Crippen molar-refractivity contribution in [2.45, 2.75) is 30.6 Å². The Morgan fingerprint density at radius 1 is 1.11 bits per heavy atom. The second-order valence-corrected chi connectivity index (χ2v) is 8.61. The highest BCUT2D eigenvalue weighted by molar-refractivity contribution is 7.89. The van der Waals surface area contributed by atoms with Gasteiger partial charge in [-0.1, -0.05) is 18.9 Å². The van der Waals surface area contributed by atoms with Crippen LogP contribution in [-0.4, -0.2) is 43.4 Å². The molecule has 0 radical (unpaired) electrons. The number of aromatic nitrogens is 1. The van der Waals surface area contributed by atoms with E-state index in [9.17, 15) is 13.2 Å². The maximum Gasteiger partial charge on any atom is 0.272 e. The number of ether oxygens (including phenoxy) is 1. The number of sulfonamides is 1. The van der Waals surface area contributed by atoms with Crippen LogP contribution in [0.15, 0.2) is 41.4 Å². The van der Waals surface area contributed by atoms with Crippen LogP contribution in [0.25, 0.3) is 0 Å². The second-order valence-electron chi connectivity index (χ2n) is 6.68. The molecule has 0 atom stereocenters. The van der Waals surface area contributed by atoms with Crippen LogP contribution in [0.4, 0.5) is 5.69 Å². The standard InChI is InChI=1S/C19H25N3O4S/c1-21-14-17(27(24,25)22-10-5-3-4-6-11-22)13-18(21)19(23)20-15-8-7-9-16(12-15)26-2/h7-9,12-14H,3-6,10-11H2,1-2H3,(H,20,23). The molecule has 0 bridgehead atoms. The number of aryl methyl sites for hydroxylation is 1. The number of rotatable bonds is 5. The average molecular weight is 391 g/mol. The molecule has 0 saturated carbocycles. The minimum atomic E-state index is -3.59. The molecule has 146 valence electrons. The topological polar surface area (TPSA) is 80.6 Å². The van der Waals surface area contributed by atoms with Crippen molar-refractivity contribution >= 4 is 21.6 Å². The fourth-order valence-corrected chi connectivity index (χ4v) is 4.82. The van der Waals surface area contributed by atoms with Gasteiger partial charge in [0.2, 0.25) is 10.0 Å². The summed E-state index contributed by atoms with van der Waals surface area (Å²) in [6.45, 7) is 1.06. The van der Waals surface area contributed by atoms with E-state index in [1.807, 2.05) is 0 Å². The van der Waals surface area contributed by atoms with Gasteiger partial charge in [-0.15, -0.1) is 0 Å². The number of hydrogen-bond donors (Lipinski definition) is 1. The van der Waals surface area contributed by atoms with Crippen LogP contribution in [0.1, 0.15) is 36.2 Å². The maximum atomic E-state index is 12.9. The normalized spacial score (nSPS) is 15.9. The smallest absolute Gasteiger partial charge is 0.272 e. The quantitative estimate of drug-likeness (QED) is 0.850. The molecule has 0 spiro atoms. The first-order valence-corrected chi connectivity index (χ1v) is 10.5. The Bertz CT molecular complexity index is 913. The van der Waals surface area contributed by atoms with E-state index >= 15 is 0 Å². The lowest BCUT2D eigenvalue weighted by Crippen LogP contribution is -2.31. The number of methoxy groups -OCH3 is 1. The third-order valence-electron chi connectivity index (χ3n) is 4.74. The Hall–Kier alpha value is -2.32. The van der Waals surface area contributed by atoms with Crippen molar-refractivity contribution in [1.29, 1.82) is 0 Å². The van der Waals surface area contributed by atoms with Gasteiger partial charge in [0.15, 0.2) is 0 Å². The van der Waals surface area contributed by atoms with E-state index in [4.69, 9.17) is 4.74 Å². The molecular formula is C19H25N3O4S. The van der Waals surface area contributed by atoms with Gasteiger partial charge >= 0.3 is 0 Å². The molecule has 2 aromatic rings. The van der Waals surface area contributed by atoms with E-state index in [1.165, 1.54) is 16.6 Å². The first kappa shape index (κ1) is 19.4. The van der Waals surface area contributed by atoms with Crippen molar-refractivity contribution < 1.29 is 17.9 Å². The van der Waals surface area contributed by atoms with E-state index in [-0.39, 0.29) is 16.5 Å². The monoisotopic (exact) mass is 391 g/mol. The fraction of sp³-hybridized carbons (Fsp3) is 0.421. The highest BCUT2D eigenvalue weighted by Gasteiger charge is 2.28. The summed E-state index contributed by atoms with van der Waals surface area (Å²) in [6.07, 6.45) is 5.34. The molecule has 1 fully saturated rings. The molecule has 3 rings (SSSR count). The maximum absolute atomic E-state index is 12.9. The zero-order valence-corrected chi connectivity index (χ0v) is 16.5. The first-order valence-electron chi connectivity index (χ1n) is 9.04. The third kappa shape index (κ3) is 4.33. The lowest BCUT2D eigenvalue weighted by molar-refractivity contribution is 0.101. The van der Waals surface area contributed by atoms with E-state index in [1.54, 1.807) is 43.0 Å². The van der Waals surface area contributed by atoms with Gasteiger partial charge in [-0.05, 0) is 31.0 Å². The van der Waals surface area contributed by atoms with Gasteiger partial charge in [0, 0.05) is 38.1 Å². The first-order chi connectivity index (χ1) is 12.9. The molecule has 1 N–H and O–H groups in total. The molecule has 2 heterocycles. The summed E-state index contributed by atoms with van der Waals surface area (Å²) in [5.74, 6) is 0.257. The van der Waals surface area contributed by atoms with Crippen LogP contribution in [0.3, 0.4) is 0 Å². The Kier molecular flexibility index (Phi) is 5.86. The largest absolute Gasteiger partial charge is 0.497 e. The molecule has 1 saturated heterocycles. The minimum absolute atomic E-state index is 0.155. The van der Waals surface area contributed by atoms with Gasteiger partial charge in [0.25, 0.3) is 5.91 Å². The van der Waals surface area contributed by atoms with Crippen molar-refractivity contribution in [3.05, 3.63) is 42.2 Å². The summed E-state index contributed by atoms with van der Waals surface area (Å²) in [5.41, 5.74) is 0.865. The molecule has 8 heteroatoms. The third-order valence-corrected chi connectivity index (χ3v) is 6.61. The van der Waals surface area contributed by atoms with Gasteiger partial charge in [-0.2, -0.15) is 4.31 Å². The van der Waals surface area contributed by atoms with Crippen LogP contribution < -0.4 is 10.1 Å². The predicted molar refractivity (Wildman–Crippen MR) is 104 cm³/mol. The van der Waals surface area contributed by atoms with Crippen molar-refractivity contribution in [3.63, 3.8) is 0 Å². The van der Waals surface area contributed by atoms with Crippen molar-refractivity contribution in [2.75, 3.05) is 25.5 Å². The SMILES string of the molecule is COc1cccc(NC(=O)c2cc(S(=O)(=O)N3CCCCCC3)cn2C)c1. The molecule has 1 aliphatic rings. The Labute approximate surface area is 160 Å². The van der Waals surface area contributed by atoms with Crippen molar-refractivity contribution in [3.8, 4) is 5.75 Å². The number of hydrogen-bond acceptors (Lipinski definition) is 4. The average Bonchev–Trinajstić information content (AvgIpc) is 2.86. The zero-order chi connectivity index (χ0) is 19.4. The second kappa shape index (κ2) is 8.14. The molecule has 7 nitrogen and oxygen atoms in total. The summed E-state index contributed by atoms with van der Waals surface area (Å²) < 4.78 is 34.1. The molecule has 1 aromatic heterocycles. The highest BCUT2D eigenvalue weighted by atomic mass is 32.2.